The molecule has 0 aromatic carbocycles. The van der Waals surface area contributed by atoms with Crippen LogP contribution in [0.3, 0.4) is 0 Å². The lowest BCUT2D eigenvalue weighted by Crippen LogP contribution is -2.26. The molecule has 1 aliphatic heterocycles. The number of aromatic amines is 1. The predicted octanol–water partition coefficient (Wildman–Crippen LogP) is 1.50. The van der Waals surface area contributed by atoms with Crippen molar-refractivity contribution in [2.45, 2.75) is 24.9 Å². The fourth-order valence-electron chi connectivity index (χ4n) is 1.92. The van der Waals surface area contributed by atoms with Gasteiger partial charge in [-0.05, 0) is 28.8 Å². The highest BCUT2D eigenvalue weighted by molar-refractivity contribution is 9.10. The molecule has 1 unspecified atom stereocenters. The fraction of sp³-hybridized carbons (Fsp3) is 0.636. The molecule has 0 radical (unpaired) electrons. The van der Waals surface area contributed by atoms with Crippen molar-refractivity contribution in [3.8, 4) is 0 Å². The van der Waals surface area contributed by atoms with Crippen LogP contribution in [0.15, 0.2) is 9.27 Å². The van der Waals surface area contributed by atoms with Crippen molar-refractivity contribution in [3.63, 3.8) is 0 Å². The van der Waals surface area contributed by atoms with Crippen LogP contribution in [0, 0.1) is 0 Å². The third kappa shape index (κ3) is 2.29. The van der Waals surface area contributed by atoms with Gasteiger partial charge >= 0.3 is 0 Å². The molecule has 3 rings (SSSR count). The molecule has 17 heavy (non-hydrogen) atoms. The van der Waals surface area contributed by atoms with Crippen LogP contribution in [0.5, 0.6) is 0 Å². The van der Waals surface area contributed by atoms with Gasteiger partial charge in [0.15, 0.2) is 0 Å². The van der Waals surface area contributed by atoms with Crippen molar-refractivity contribution in [1.82, 2.24) is 9.97 Å². The number of halogens is 1. The first kappa shape index (κ1) is 11.4. The molecule has 0 spiro atoms. The Morgan fingerprint density at radius 1 is 1.35 bits per heavy atom. The molecular weight excluding hydrogens is 288 g/mol. The van der Waals surface area contributed by atoms with Crippen LogP contribution in [0.4, 0.5) is 0 Å². The topological polar surface area (TPSA) is 64.2 Å². The minimum absolute atomic E-state index is 0.133. The number of nitrogens with zero attached hydrogens (tertiary/aromatic N) is 1. The van der Waals surface area contributed by atoms with Gasteiger partial charge in [-0.15, -0.1) is 0 Å². The maximum absolute atomic E-state index is 11.8. The van der Waals surface area contributed by atoms with E-state index in [1.54, 1.807) is 0 Å². The van der Waals surface area contributed by atoms with E-state index in [0.717, 1.165) is 18.5 Å². The van der Waals surface area contributed by atoms with Crippen molar-refractivity contribution in [2.75, 3.05) is 19.8 Å². The lowest BCUT2D eigenvalue weighted by Gasteiger charge is -2.22. The molecule has 92 valence electrons. The number of H-pyrrole nitrogens is 1. The summed E-state index contributed by atoms with van der Waals surface area (Å²) in [6.45, 7) is 1.60. The third-order valence-electron chi connectivity index (χ3n) is 2.99. The van der Waals surface area contributed by atoms with Crippen molar-refractivity contribution in [3.05, 3.63) is 26.3 Å². The van der Waals surface area contributed by atoms with Gasteiger partial charge < -0.3 is 14.5 Å². The summed E-state index contributed by atoms with van der Waals surface area (Å²) < 4.78 is 11.4. The Morgan fingerprint density at radius 2 is 2.18 bits per heavy atom. The molecule has 1 aromatic rings. The lowest BCUT2D eigenvalue weighted by molar-refractivity contribution is -0.0936. The molecule has 0 bridgehead atoms. The van der Waals surface area contributed by atoms with E-state index in [0.29, 0.717) is 36.0 Å². The van der Waals surface area contributed by atoms with E-state index in [1.165, 1.54) is 0 Å². The molecule has 1 saturated carbocycles. The van der Waals surface area contributed by atoms with Gasteiger partial charge in [-0.1, -0.05) is 0 Å². The average Bonchev–Trinajstić information content (AvgIpc) is 3.18. The minimum atomic E-state index is -0.248. The Labute approximate surface area is 107 Å². The largest absolute Gasteiger partial charge is 0.376 e. The average molecular weight is 301 g/mol. The van der Waals surface area contributed by atoms with Crippen LogP contribution in [-0.2, 0) is 9.47 Å². The van der Waals surface area contributed by atoms with Crippen LogP contribution in [0.1, 0.15) is 36.4 Å². The van der Waals surface area contributed by atoms with Gasteiger partial charge in [0.2, 0.25) is 0 Å². The van der Waals surface area contributed by atoms with Gasteiger partial charge in [0.1, 0.15) is 16.4 Å². The van der Waals surface area contributed by atoms with Gasteiger partial charge in [-0.3, -0.25) is 4.79 Å². The SMILES string of the molecule is O=c1[nH]c(C2COCCO2)nc(C2CC2)c1Br. The zero-order chi connectivity index (χ0) is 11.8. The highest BCUT2D eigenvalue weighted by Gasteiger charge is 2.30. The Hall–Kier alpha value is -0.720. The predicted molar refractivity (Wildman–Crippen MR) is 64.0 cm³/mol. The second-order valence-corrected chi connectivity index (χ2v) is 5.15. The summed E-state index contributed by atoms with van der Waals surface area (Å²) in [6, 6.07) is 0. The number of hydrogen-bond donors (Lipinski definition) is 1. The van der Waals surface area contributed by atoms with Crippen LogP contribution in [-0.4, -0.2) is 29.8 Å². The van der Waals surface area contributed by atoms with Gasteiger partial charge in [-0.25, -0.2) is 4.98 Å². The number of ether oxygens (including phenoxy) is 2. The quantitative estimate of drug-likeness (QED) is 0.899. The van der Waals surface area contributed by atoms with Crippen LogP contribution >= 0.6 is 15.9 Å². The monoisotopic (exact) mass is 300 g/mol. The summed E-state index contributed by atoms with van der Waals surface area (Å²) in [6.07, 6.45) is 1.97. The van der Waals surface area contributed by atoms with Gasteiger partial charge in [0.05, 0.1) is 25.5 Å². The van der Waals surface area contributed by atoms with E-state index in [4.69, 9.17) is 9.47 Å². The summed E-state index contributed by atoms with van der Waals surface area (Å²) in [7, 11) is 0. The molecular formula is C11H13BrN2O3. The molecule has 5 nitrogen and oxygen atoms in total. The van der Waals surface area contributed by atoms with E-state index in [2.05, 4.69) is 25.9 Å². The van der Waals surface area contributed by atoms with E-state index in [1.807, 2.05) is 0 Å². The molecule has 2 heterocycles. The molecule has 6 heteroatoms. The summed E-state index contributed by atoms with van der Waals surface area (Å²) in [5, 5.41) is 0. The van der Waals surface area contributed by atoms with Gasteiger partial charge in [0, 0.05) is 5.92 Å². The first-order valence-electron chi connectivity index (χ1n) is 5.74. The standard InChI is InChI=1S/C11H13BrN2O3/c12-8-9(6-1-2-6)13-10(14-11(8)15)7-5-16-3-4-17-7/h6-7H,1-5H2,(H,13,14,15). The van der Waals surface area contributed by atoms with E-state index >= 15 is 0 Å². The van der Waals surface area contributed by atoms with Crippen molar-refractivity contribution in [2.24, 2.45) is 0 Å². The molecule has 2 aliphatic rings. The second-order valence-electron chi connectivity index (χ2n) is 4.36. The first-order chi connectivity index (χ1) is 8.25. The van der Waals surface area contributed by atoms with Crippen molar-refractivity contribution in [1.29, 1.82) is 0 Å². The number of aromatic nitrogens is 2. The van der Waals surface area contributed by atoms with Crippen LogP contribution < -0.4 is 5.56 Å². The molecule has 1 aromatic heterocycles. The smallest absolute Gasteiger partial charge is 0.265 e. The number of hydrogen-bond acceptors (Lipinski definition) is 4. The normalized spacial score (nSPS) is 24.9. The minimum Gasteiger partial charge on any atom is -0.376 e. The van der Waals surface area contributed by atoms with Crippen LogP contribution in [0.2, 0.25) is 0 Å². The molecule has 2 fully saturated rings. The maximum atomic E-state index is 11.8. The Morgan fingerprint density at radius 3 is 2.82 bits per heavy atom. The summed E-state index contributed by atoms with van der Waals surface area (Å²) in [4.78, 5) is 19.1. The molecule has 0 amide bonds. The summed E-state index contributed by atoms with van der Waals surface area (Å²) in [5.41, 5.74) is 0.726. The number of nitrogens with one attached hydrogen (secondary N) is 1. The fourth-order valence-corrected chi connectivity index (χ4v) is 2.43. The van der Waals surface area contributed by atoms with Gasteiger partial charge in [-0.2, -0.15) is 0 Å². The van der Waals surface area contributed by atoms with Gasteiger partial charge in [0.25, 0.3) is 5.56 Å². The zero-order valence-electron chi connectivity index (χ0n) is 9.24. The highest BCUT2D eigenvalue weighted by atomic mass is 79.9. The molecule has 1 aliphatic carbocycles. The summed E-state index contributed by atoms with van der Waals surface area (Å²) >= 11 is 3.30. The number of rotatable bonds is 2. The summed E-state index contributed by atoms with van der Waals surface area (Å²) in [5.74, 6) is 1.01. The van der Waals surface area contributed by atoms with E-state index in [-0.39, 0.29) is 11.7 Å². The Bertz CT molecular complexity index is 478. The van der Waals surface area contributed by atoms with Crippen LogP contribution in [0.25, 0.3) is 0 Å². The van der Waals surface area contributed by atoms with Crippen molar-refractivity contribution < 1.29 is 9.47 Å². The highest BCUT2D eigenvalue weighted by Crippen LogP contribution is 2.41. The zero-order valence-corrected chi connectivity index (χ0v) is 10.8. The van der Waals surface area contributed by atoms with E-state index in [9.17, 15) is 4.79 Å². The molecule has 1 N–H and O–H groups in total. The maximum Gasteiger partial charge on any atom is 0.265 e. The first-order valence-corrected chi connectivity index (χ1v) is 6.54. The second kappa shape index (κ2) is 4.51. The Balaban J connectivity index is 1.96. The lowest BCUT2D eigenvalue weighted by atomic mass is 10.2. The molecule has 1 atom stereocenters. The van der Waals surface area contributed by atoms with Crippen molar-refractivity contribution >= 4 is 15.9 Å². The molecule has 1 saturated heterocycles. The Kier molecular flexibility index (Phi) is 3.02. The van der Waals surface area contributed by atoms with E-state index < -0.39 is 0 Å². The third-order valence-corrected chi connectivity index (χ3v) is 3.76.